The van der Waals surface area contributed by atoms with Gasteiger partial charge >= 0.3 is 39.5 Å². The number of phosphoric ester groups is 2. The summed E-state index contributed by atoms with van der Waals surface area (Å²) in [5.74, 6) is -2.16. The van der Waals surface area contributed by atoms with Crippen molar-refractivity contribution in [3.8, 4) is 0 Å². The van der Waals surface area contributed by atoms with E-state index in [-0.39, 0.29) is 25.7 Å². The van der Waals surface area contributed by atoms with Crippen molar-refractivity contribution in [1.29, 1.82) is 0 Å². The number of aliphatic hydroxyl groups excluding tert-OH is 1. The molecule has 0 aliphatic heterocycles. The molecule has 3 N–H and O–H groups in total. The molecule has 0 aliphatic rings. The predicted octanol–water partition coefficient (Wildman–Crippen LogP) is 16.8. The molecule has 0 fully saturated rings. The van der Waals surface area contributed by atoms with Crippen molar-refractivity contribution < 1.29 is 80.2 Å². The Bertz CT molecular complexity index is 1550. The first kappa shape index (κ1) is 78.1. The molecule has 0 bridgehead atoms. The summed E-state index contributed by atoms with van der Waals surface area (Å²) < 4.78 is 67.5. The normalized spacial score (nSPS) is 14.2. The van der Waals surface area contributed by atoms with Crippen LogP contribution in [0.2, 0.25) is 0 Å². The zero-order valence-electron chi connectivity index (χ0n) is 51.0. The molecule has 17 nitrogen and oxygen atoms in total. The van der Waals surface area contributed by atoms with Crippen LogP contribution >= 0.6 is 15.6 Å². The van der Waals surface area contributed by atoms with Crippen LogP contribution in [0.1, 0.15) is 310 Å². The van der Waals surface area contributed by atoms with Gasteiger partial charge in [-0.3, -0.25) is 37.3 Å². The van der Waals surface area contributed by atoms with Gasteiger partial charge in [-0.2, -0.15) is 0 Å². The largest absolute Gasteiger partial charge is 0.472 e. The van der Waals surface area contributed by atoms with E-state index in [2.05, 4.69) is 27.7 Å². The van der Waals surface area contributed by atoms with E-state index in [4.69, 9.17) is 37.0 Å². The van der Waals surface area contributed by atoms with Gasteiger partial charge in [0.25, 0.3) is 0 Å². The molecule has 0 aromatic heterocycles. The van der Waals surface area contributed by atoms with Crippen LogP contribution < -0.4 is 0 Å². The summed E-state index contributed by atoms with van der Waals surface area (Å²) in [5.41, 5.74) is 0. The molecule has 2 unspecified atom stereocenters. The number of rotatable bonds is 62. The molecule has 0 spiro atoms. The van der Waals surface area contributed by atoms with Crippen molar-refractivity contribution in [1.82, 2.24) is 0 Å². The van der Waals surface area contributed by atoms with Crippen LogP contribution in [0.3, 0.4) is 0 Å². The molecular weight excluding hydrogens is 1070 g/mol. The molecule has 19 heteroatoms. The molecule has 0 aromatic carbocycles. The summed E-state index contributed by atoms with van der Waals surface area (Å²) in [5, 5.41) is 10.5. The van der Waals surface area contributed by atoms with Gasteiger partial charge in [0, 0.05) is 25.7 Å². The van der Waals surface area contributed by atoms with Crippen molar-refractivity contribution in [2.75, 3.05) is 39.6 Å². The molecule has 474 valence electrons. The minimum Gasteiger partial charge on any atom is -0.462 e. The number of esters is 4. The highest BCUT2D eigenvalue weighted by Crippen LogP contribution is 2.45. The van der Waals surface area contributed by atoms with Gasteiger partial charge in [0.15, 0.2) is 12.2 Å². The quantitative estimate of drug-likeness (QED) is 0.0222. The number of carbonyl (C=O) groups excluding carboxylic acids is 4. The number of unbranched alkanes of at least 4 members (excludes halogenated alkanes) is 36. The summed E-state index contributed by atoms with van der Waals surface area (Å²) in [6.45, 7) is 4.69. The fourth-order valence-corrected chi connectivity index (χ4v) is 10.7. The number of aliphatic hydroxyl groups is 1. The van der Waals surface area contributed by atoms with Crippen LogP contribution in [0.25, 0.3) is 0 Å². The average Bonchev–Trinajstić information content (AvgIpc) is 3.43. The maximum absolute atomic E-state index is 13.0. The lowest BCUT2D eigenvalue weighted by Crippen LogP contribution is -2.30. The Morgan fingerprint density at radius 1 is 0.300 bits per heavy atom. The van der Waals surface area contributed by atoms with E-state index < -0.39 is 97.5 Å². The highest BCUT2D eigenvalue weighted by atomic mass is 31.2. The minimum atomic E-state index is -4.94. The SMILES string of the molecule is CCCCCCCCCCCCCCCCCCCC(=O)O[C@H](COC(=O)CCCCCCCCCCCCCCC)COP(=O)(O)OC[C@@H](O)COP(=O)(O)OC[C@@H](COC(=O)CCCCCCC)OC(=O)CCCCCCC. The molecular formula is C61H118O17P2. The van der Waals surface area contributed by atoms with Gasteiger partial charge in [0.1, 0.15) is 19.3 Å². The smallest absolute Gasteiger partial charge is 0.462 e. The average molecular weight is 1190 g/mol. The van der Waals surface area contributed by atoms with E-state index in [9.17, 15) is 43.2 Å². The Hall–Kier alpha value is -1.94. The van der Waals surface area contributed by atoms with Gasteiger partial charge in [-0.15, -0.1) is 0 Å². The fourth-order valence-electron chi connectivity index (χ4n) is 9.10. The summed E-state index contributed by atoms with van der Waals surface area (Å²) >= 11 is 0. The summed E-state index contributed by atoms with van der Waals surface area (Å²) in [7, 11) is -9.86. The van der Waals surface area contributed by atoms with Crippen molar-refractivity contribution in [2.24, 2.45) is 0 Å². The first-order valence-electron chi connectivity index (χ1n) is 32.3. The maximum atomic E-state index is 13.0. The molecule has 0 rings (SSSR count). The van der Waals surface area contributed by atoms with Crippen molar-refractivity contribution >= 4 is 39.5 Å². The van der Waals surface area contributed by atoms with Crippen molar-refractivity contribution in [3.05, 3.63) is 0 Å². The molecule has 0 heterocycles. The topological polar surface area (TPSA) is 237 Å². The third-order valence-electron chi connectivity index (χ3n) is 14.1. The summed E-state index contributed by atoms with van der Waals surface area (Å²) in [6, 6.07) is 0. The van der Waals surface area contributed by atoms with Crippen LogP contribution in [0, 0.1) is 0 Å². The third kappa shape index (κ3) is 55.3. The lowest BCUT2D eigenvalue weighted by Gasteiger charge is -2.21. The van der Waals surface area contributed by atoms with Crippen LogP contribution in [0.4, 0.5) is 0 Å². The van der Waals surface area contributed by atoms with Crippen LogP contribution in [-0.4, -0.2) is 96.7 Å². The minimum absolute atomic E-state index is 0.0992. The van der Waals surface area contributed by atoms with E-state index in [1.54, 1.807) is 0 Å². The zero-order chi connectivity index (χ0) is 59.1. The molecule has 5 atom stereocenters. The summed E-state index contributed by atoms with van der Waals surface area (Å²) in [4.78, 5) is 71.6. The Balaban J connectivity index is 5.10. The lowest BCUT2D eigenvalue weighted by atomic mass is 10.0. The second kappa shape index (κ2) is 56.2. The van der Waals surface area contributed by atoms with Gasteiger partial charge in [0.05, 0.1) is 26.4 Å². The van der Waals surface area contributed by atoms with E-state index in [0.29, 0.717) is 25.7 Å². The maximum Gasteiger partial charge on any atom is 0.472 e. The Labute approximate surface area is 486 Å². The van der Waals surface area contributed by atoms with Gasteiger partial charge in [-0.1, -0.05) is 259 Å². The van der Waals surface area contributed by atoms with E-state index >= 15 is 0 Å². The first-order chi connectivity index (χ1) is 38.7. The fraction of sp³-hybridized carbons (Fsp3) is 0.934. The monoisotopic (exact) mass is 1180 g/mol. The molecule has 0 saturated carbocycles. The van der Waals surface area contributed by atoms with E-state index in [1.165, 1.54) is 135 Å². The van der Waals surface area contributed by atoms with Crippen molar-refractivity contribution in [2.45, 2.75) is 329 Å². The second-order valence-corrected chi connectivity index (χ2v) is 25.0. The van der Waals surface area contributed by atoms with Gasteiger partial charge in [0.2, 0.25) is 0 Å². The van der Waals surface area contributed by atoms with Crippen LogP contribution in [-0.2, 0) is 65.4 Å². The van der Waals surface area contributed by atoms with Crippen LogP contribution in [0.15, 0.2) is 0 Å². The standard InChI is InChI=1S/C61H118O17P2/c1-5-9-13-17-19-21-23-25-26-27-28-30-32-34-36-40-44-48-61(66)78-57(52-72-59(64)46-42-39-35-33-31-29-24-22-20-18-14-10-6-2)54-76-80(69,70)74-50-55(62)49-73-79(67,68)75-53-56(77-60(65)47-43-38-16-12-8-4)51-71-58(63)45-41-37-15-11-7-3/h55-57,62H,5-54H2,1-4H3,(H,67,68)(H,69,70)/t55-,56+,57+/m0/s1. The molecule has 0 radical (unpaired) electrons. The van der Waals surface area contributed by atoms with E-state index in [1.807, 2.05) is 0 Å². The molecule has 0 saturated heterocycles. The number of hydrogen-bond acceptors (Lipinski definition) is 15. The lowest BCUT2D eigenvalue weighted by molar-refractivity contribution is -0.161. The summed E-state index contributed by atoms with van der Waals surface area (Å²) in [6.07, 6.45) is 41.1. The second-order valence-electron chi connectivity index (χ2n) is 22.1. The molecule has 0 amide bonds. The molecule has 0 aliphatic carbocycles. The molecule has 0 aromatic rings. The Morgan fingerprint density at radius 2 is 0.500 bits per heavy atom. The Kier molecular flexibility index (Phi) is 54.8. The number of phosphoric acid groups is 2. The van der Waals surface area contributed by atoms with E-state index in [0.717, 1.165) is 96.3 Å². The van der Waals surface area contributed by atoms with Gasteiger partial charge in [-0.25, -0.2) is 9.13 Å². The number of carbonyl (C=O) groups is 4. The Morgan fingerprint density at radius 3 is 0.738 bits per heavy atom. The molecule has 80 heavy (non-hydrogen) atoms. The first-order valence-corrected chi connectivity index (χ1v) is 35.3. The van der Waals surface area contributed by atoms with Crippen molar-refractivity contribution in [3.63, 3.8) is 0 Å². The third-order valence-corrected chi connectivity index (χ3v) is 16.0. The number of ether oxygens (including phenoxy) is 4. The van der Waals surface area contributed by atoms with Gasteiger partial charge in [-0.05, 0) is 25.7 Å². The van der Waals surface area contributed by atoms with Gasteiger partial charge < -0.3 is 33.8 Å². The highest BCUT2D eigenvalue weighted by Gasteiger charge is 2.30. The highest BCUT2D eigenvalue weighted by molar-refractivity contribution is 7.47. The number of hydrogen-bond donors (Lipinski definition) is 3. The van der Waals surface area contributed by atoms with Crippen LogP contribution in [0.5, 0.6) is 0 Å². The zero-order valence-corrected chi connectivity index (χ0v) is 52.8. The predicted molar refractivity (Wildman–Crippen MR) is 317 cm³/mol.